The maximum absolute atomic E-state index is 12.4. The highest BCUT2D eigenvalue weighted by molar-refractivity contribution is 5.68. The number of carbonyl (C=O) groups is 1. The van der Waals surface area contributed by atoms with Gasteiger partial charge in [0.15, 0.2) is 0 Å². The summed E-state index contributed by atoms with van der Waals surface area (Å²) in [6.07, 6.45) is 7.13. The van der Waals surface area contributed by atoms with Gasteiger partial charge in [0.2, 0.25) is 0 Å². The van der Waals surface area contributed by atoms with Gasteiger partial charge < -0.3 is 19.5 Å². The van der Waals surface area contributed by atoms with Gasteiger partial charge in [0.1, 0.15) is 18.1 Å². The molecule has 0 unspecified atom stereocenters. The van der Waals surface area contributed by atoms with Crippen molar-refractivity contribution in [1.82, 2.24) is 5.32 Å². The molecule has 5 nitrogen and oxygen atoms in total. The Morgan fingerprint density at radius 2 is 1.72 bits per heavy atom. The third-order valence-electron chi connectivity index (χ3n) is 6.25. The molecule has 5 heteroatoms. The summed E-state index contributed by atoms with van der Waals surface area (Å²) in [4.78, 5) is 12.4. The molecule has 136 valence electrons. The standard InChI is InChI=1S/C20H27NO4/c1-23-17-3-4-18(24-2)16(8-17)12-25-19(22)21-20-9-13-5-14(10-20)7-15(6-13)11-20/h3-4,8,13-15H,5-7,9-12H2,1-2H3,(H,21,22). The molecule has 0 atom stereocenters. The second-order valence-corrected chi connectivity index (χ2v) is 8.08. The minimum absolute atomic E-state index is 0.0235. The first-order chi connectivity index (χ1) is 12.1. The summed E-state index contributed by atoms with van der Waals surface area (Å²) < 4.78 is 16.1. The molecule has 0 heterocycles. The Labute approximate surface area is 149 Å². The van der Waals surface area contributed by atoms with Crippen molar-refractivity contribution < 1.29 is 19.0 Å². The van der Waals surface area contributed by atoms with Crippen LogP contribution in [0.15, 0.2) is 18.2 Å². The Bertz CT molecular complexity index is 622. The molecule has 4 aliphatic carbocycles. The molecule has 4 fully saturated rings. The number of amides is 1. The molecule has 0 aromatic heterocycles. The zero-order valence-corrected chi connectivity index (χ0v) is 15.0. The fraction of sp³-hybridized carbons (Fsp3) is 0.650. The molecule has 0 spiro atoms. The van der Waals surface area contributed by atoms with Crippen LogP contribution in [0.1, 0.15) is 44.1 Å². The summed E-state index contributed by atoms with van der Waals surface area (Å²) in [5, 5.41) is 3.23. The number of hydrogen-bond acceptors (Lipinski definition) is 4. The average molecular weight is 345 g/mol. The number of alkyl carbamates (subject to hydrolysis) is 1. The molecule has 5 rings (SSSR count). The lowest BCUT2D eigenvalue weighted by Gasteiger charge is -2.56. The molecule has 0 aliphatic heterocycles. The van der Waals surface area contributed by atoms with Crippen molar-refractivity contribution in [2.75, 3.05) is 14.2 Å². The fourth-order valence-corrected chi connectivity index (χ4v) is 5.65. The van der Waals surface area contributed by atoms with Crippen LogP contribution in [-0.4, -0.2) is 25.9 Å². The van der Waals surface area contributed by atoms with Gasteiger partial charge in [0.05, 0.1) is 14.2 Å². The molecule has 1 amide bonds. The molecule has 1 aromatic rings. The van der Waals surface area contributed by atoms with E-state index in [1.165, 1.54) is 19.3 Å². The second kappa shape index (κ2) is 6.43. The average Bonchev–Trinajstić information content (AvgIpc) is 2.58. The number of ether oxygens (including phenoxy) is 3. The molecular formula is C20H27NO4. The Hall–Kier alpha value is -1.91. The maximum atomic E-state index is 12.4. The summed E-state index contributed by atoms with van der Waals surface area (Å²) in [7, 11) is 3.23. The number of nitrogens with one attached hydrogen (secondary N) is 1. The van der Waals surface area contributed by atoms with Crippen molar-refractivity contribution in [2.45, 2.75) is 50.7 Å². The first-order valence-electron chi connectivity index (χ1n) is 9.25. The van der Waals surface area contributed by atoms with Crippen LogP contribution >= 0.6 is 0 Å². The van der Waals surface area contributed by atoms with Crippen LogP contribution in [-0.2, 0) is 11.3 Å². The van der Waals surface area contributed by atoms with E-state index in [2.05, 4.69) is 5.32 Å². The van der Waals surface area contributed by atoms with E-state index in [-0.39, 0.29) is 18.2 Å². The fourth-order valence-electron chi connectivity index (χ4n) is 5.65. The van der Waals surface area contributed by atoms with E-state index in [9.17, 15) is 4.79 Å². The SMILES string of the molecule is COc1ccc(OC)c(COC(=O)NC23CC4CC(CC(C4)C2)C3)c1. The van der Waals surface area contributed by atoms with Crippen molar-refractivity contribution in [2.24, 2.45) is 17.8 Å². The second-order valence-electron chi connectivity index (χ2n) is 8.08. The van der Waals surface area contributed by atoms with E-state index >= 15 is 0 Å². The monoisotopic (exact) mass is 345 g/mol. The first-order valence-corrected chi connectivity index (χ1v) is 9.25. The highest BCUT2D eigenvalue weighted by atomic mass is 16.5. The topological polar surface area (TPSA) is 56.8 Å². The molecule has 4 saturated carbocycles. The van der Waals surface area contributed by atoms with Gasteiger partial charge in [-0.15, -0.1) is 0 Å². The van der Waals surface area contributed by atoms with E-state index in [1.807, 2.05) is 18.2 Å². The van der Waals surface area contributed by atoms with E-state index in [0.717, 1.165) is 48.3 Å². The third kappa shape index (κ3) is 3.29. The van der Waals surface area contributed by atoms with Crippen molar-refractivity contribution in [3.63, 3.8) is 0 Å². The van der Waals surface area contributed by atoms with Gasteiger partial charge in [-0.3, -0.25) is 0 Å². The lowest BCUT2D eigenvalue weighted by molar-refractivity contribution is -0.0195. The summed E-state index contributed by atoms with van der Waals surface area (Å²) in [6.45, 7) is 0.179. The van der Waals surface area contributed by atoms with Gasteiger partial charge in [-0.1, -0.05) is 0 Å². The Morgan fingerprint density at radius 1 is 1.08 bits per heavy atom. The normalized spacial score (nSPS) is 32.3. The van der Waals surface area contributed by atoms with E-state index in [4.69, 9.17) is 14.2 Å². The zero-order valence-electron chi connectivity index (χ0n) is 15.0. The number of carbonyl (C=O) groups excluding carboxylic acids is 1. The van der Waals surface area contributed by atoms with Crippen molar-refractivity contribution in [1.29, 1.82) is 0 Å². The Morgan fingerprint density at radius 3 is 2.28 bits per heavy atom. The first kappa shape index (κ1) is 16.6. The van der Waals surface area contributed by atoms with Crippen molar-refractivity contribution in [3.8, 4) is 11.5 Å². The summed E-state index contributed by atoms with van der Waals surface area (Å²) in [6, 6.07) is 5.50. The summed E-state index contributed by atoms with van der Waals surface area (Å²) in [5.41, 5.74) is 0.784. The third-order valence-corrected chi connectivity index (χ3v) is 6.25. The molecule has 0 radical (unpaired) electrons. The smallest absolute Gasteiger partial charge is 0.407 e. The highest BCUT2D eigenvalue weighted by Gasteiger charge is 2.51. The van der Waals surface area contributed by atoms with Gasteiger partial charge >= 0.3 is 6.09 Å². The predicted octanol–water partition coefficient (Wildman–Crippen LogP) is 3.90. The largest absolute Gasteiger partial charge is 0.497 e. The molecule has 4 aliphatic rings. The van der Waals surface area contributed by atoms with E-state index in [0.29, 0.717) is 5.75 Å². The van der Waals surface area contributed by atoms with E-state index < -0.39 is 0 Å². The quantitative estimate of drug-likeness (QED) is 0.879. The van der Waals surface area contributed by atoms with Gasteiger partial charge in [-0.05, 0) is 74.5 Å². The minimum Gasteiger partial charge on any atom is -0.497 e. The van der Waals surface area contributed by atoms with Gasteiger partial charge in [-0.25, -0.2) is 4.79 Å². The van der Waals surface area contributed by atoms with Gasteiger partial charge in [0, 0.05) is 11.1 Å². The summed E-state index contributed by atoms with van der Waals surface area (Å²) in [5.74, 6) is 3.81. The van der Waals surface area contributed by atoms with Crippen LogP contribution in [0, 0.1) is 17.8 Å². The van der Waals surface area contributed by atoms with Crippen molar-refractivity contribution in [3.05, 3.63) is 23.8 Å². The van der Waals surface area contributed by atoms with Gasteiger partial charge in [0.25, 0.3) is 0 Å². The van der Waals surface area contributed by atoms with Crippen LogP contribution in [0.3, 0.4) is 0 Å². The number of methoxy groups -OCH3 is 2. The molecule has 4 bridgehead atoms. The molecule has 25 heavy (non-hydrogen) atoms. The summed E-state index contributed by atoms with van der Waals surface area (Å²) >= 11 is 0. The minimum atomic E-state index is -0.313. The Balaban J connectivity index is 1.38. The van der Waals surface area contributed by atoms with Crippen LogP contribution in [0.25, 0.3) is 0 Å². The number of benzene rings is 1. The lowest BCUT2D eigenvalue weighted by Crippen LogP contribution is -2.59. The molecular weight excluding hydrogens is 318 g/mol. The van der Waals surface area contributed by atoms with Crippen LogP contribution in [0.4, 0.5) is 4.79 Å². The molecule has 1 aromatic carbocycles. The van der Waals surface area contributed by atoms with Crippen LogP contribution in [0.2, 0.25) is 0 Å². The lowest BCUT2D eigenvalue weighted by atomic mass is 9.53. The molecule has 1 N–H and O–H groups in total. The number of hydrogen-bond donors (Lipinski definition) is 1. The number of rotatable bonds is 5. The van der Waals surface area contributed by atoms with Crippen molar-refractivity contribution >= 4 is 6.09 Å². The van der Waals surface area contributed by atoms with Crippen LogP contribution in [0.5, 0.6) is 11.5 Å². The predicted molar refractivity (Wildman–Crippen MR) is 93.8 cm³/mol. The highest BCUT2D eigenvalue weighted by Crippen LogP contribution is 2.55. The zero-order chi connectivity index (χ0) is 17.4. The molecule has 0 saturated heterocycles. The maximum Gasteiger partial charge on any atom is 0.407 e. The van der Waals surface area contributed by atoms with Gasteiger partial charge in [-0.2, -0.15) is 0 Å². The Kier molecular flexibility index (Phi) is 4.26. The van der Waals surface area contributed by atoms with E-state index in [1.54, 1.807) is 14.2 Å². The van der Waals surface area contributed by atoms with Crippen LogP contribution < -0.4 is 14.8 Å².